The van der Waals surface area contributed by atoms with Gasteiger partial charge in [-0.1, -0.05) is 37.3 Å². The number of rotatable bonds is 2. The highest BCUT2D eigenvalue weighted by Crippen LogP contribution is 2.49. The second kappa shape index (κ2) is 3.10. The van der Waals surface area contributed by atoms with Crippen molar-refractivity contribution in [3.05, 3.63) is 35.9 Å². The molecule has 1 aliphatic rings. The molecule has 0 spiro atoms. The fourth-order valence-corrected chi connectivity index (χ4v) is 2.14. The number of benzene rings is 1. The van der Waals surface area contributed by atoms with Crippen LogP contribution in [0.3, 0.4) is 0 Å². The van der Waals surface area contributed by atoms with E-state index in [9.17, 15) is 0 Å². The van der Waals surface area contributed by atoms with Crippen LogP contribution in [0.25, 0.3) is 0 Å². The molecule has 3 atom stereocenters. The molecule has 0 nitrogen and oxygen atoms in total. The van der Waals surface area contributed by atoms with Gasteiger partial charge in [0.25, 0.3) is 0 Å². The highest BCUT2D eigenvalue weighted by molar-refractivity contribution is 6.21. The molecule has 0 radical (unpaired) electrons. The minimum absolute atomic E-state index is 0.237. The lowest BCUT2D eigenvalue weighted by Crippen LogP contribution is -1.93. The maximum Gasteiger partial charge on any atom is 0.0616 e. The van der Waals surface area contributed by atoms with E-state index in [4.69, 9.17) is 11.6 Å². The summed E-state index contributed by atoms with van der Waals surface area (Å²) in [7, 11) is 0. The molecule has 1 saturated carbocycles. The Balaban J connectivity index is 2.10. The summed E-state index contributed by atoms with van der Waals surface area (Å²) in [5, 5.41) is 0.237. The van der Waals surface area contributed by atoms with Gasteiger partial charge in [-0.05, 0) is 23.8 Å². The van der Waals surface area contributed by atoms with E-state index < -0.39 is 0 Å². The van der Waals surface area contributed by atoms with Crippen molar-refractivity contribution in [2.45, 2.75) is 18.7 Å². The maximum absolute atomic E-state index is 6.30. The number of hydrogen-bond donors (Lipinski definition) is 0. The molecule has 0 aromatic heterocycles. The van der Waals surface area contributed by atoms with Crippen molar-refractivity contribution in [3.8, 4) is 0 Å². The molecule has 3 unspecified atom stereocenters. The molecule has 0 amide bonds. The number of halogens is 1. The van der Waals surface area contributed by atoms with E-state index in [2.05, 4.69) is 31.2 Å². The fourth-order valence-electron chi connectivity index (χ4n) is 1.64. The largest absolute Gasteiger partial charge is 0.118 e. The Hall–Kier alpha value is -0.490. The predicted octanol–water partition coefficient (Wildman–Crippen LogP) is 3.62. The average molecular weight is 181 g/mol. The van der Waals surface area contributed by atoms with Crippen LogP contribution < -0.4 is 0 Å². The van der Waals surface area contributed by atoms with E-state index in [-0.39, 0.29) is 5.38 Å². The topological polar surface area (TPSA) is 0 Å². The van der Waals surface area contributed by atoms with Gasteiger partial charge in [0.15, 0.2) is 0 Å². The Morgan fingerprint density at radius 2 is 1.92 bits per heavy atom. The Morgan fingerprint density at radius 1 is 1.33 bits per heavy atom. The summed E-state index contributed by atoms with van der Waals surface area (Å²) in [5.74, 6) is 1.54. The lowest BCUT2D eigenvalue weighted by Gasteiger charge is -2.07. The van der Waals surface area contributed by atoms with E-state index >= 15 is 0 Å². The van der Waals surface area contributed by atoms with E-state index in [1.807, 2.05) is 6.07 Å². The SMILES string of the molecule is CC1CC1C(Cl)c1ccccc1. The van der Waals surface area contributed by atoms with Crippen molar-refractivity contribution < 1.29 is 0 Å². The Bertz CT molecular complexity index is 255. The van der Waals surface area contributed by atoms with Crippen LogP contribution in [0.2, 0.25) is 0 Å². The summed E-state index contributed by atoms with van der Waals surface area (Å²) in [4.78, 5) is 0. The first-order valence-corrected chi connectivity index (χ1v) is 4.91. The van der Waals surface area contributed by atoms with Gasteiger partial charge >= 0.3 is 0 Å². The molecule has 12 heavy (non-hydrogen) atoms. The lowest BCUT2D eigenvalue weighted by molar-refractivity contribution is 0.722. The van der Waals surface area contributed by atoms with Gasteiger partial charge in [0, 0.05) is 0 Å². The monoisotopic (exact) mass is 180 g/mol. The van der Waals surface area contributed by atoms with Gasteiger partial charge in [-0.25, -0.2) is 0 Å². The van der Waals surface area contributed by atoms with Gasteiger partial charge in [0.05, 0.1) is 5.38 Å². The molecule has 1 heteroatoms. The summed E-state index contributed by atoms with van der Waals surface area (Å²) in [5.41, 5.74) is 1.27. The minimum Gasteiger partial charge on any atom is -0.118 e. The van der Waals surface area contributed by atoms with Crippen molar-refractivity contribution in [3.63, 3.8) is 0 Å². The smallest absolute Gasteiger partial charge is 0.0616 e. The van der Waals surface area contributed by atoms with Crippen LogP contribution in [-0.4, -0.2) is 0 Å². The summed E-state index contributed by atoms with van der Waals surface area (Å²) in [6.07, 6.45) is 1.29. The van der Waals surface area contributed by atoms with Gasteiger partial charge in [-0.15, -0.1) is 11.6 Å². The summed E-state index contributed by atoms with van der Waals surface area (Å²) < 4.78 is 0. The van der Waals surface area contributed by atoms with Crippen LogP contribution in [0, 0.1) is 11.8 Å². The second-order valence-electron chi connectivity index (χ2n) is 3.69. The average Bonchev–Trinajstić information content (AvgIpc) is 2.83. The molecule has 0 N–H and O–H groups in total. The summed E-state index contributed by atoms with van der Waals surface area (Å²) >= 11 is 6.30. The normalized spacial score (nSPS) is 29.8. The number of hydrogen-bond acceptors (Lipinski definition) is 0. The molecule has 1 aliphatic carbocycles. The fraction of sp³-hybridized carbons (Fsp3) is 0.455. The Morgan fingerprint density at radius 3 is 2.42 bits per heavy atom. The molecule has 0 saturated heterocycles. The van der Waals surface area contributed by atoms with Crippen molar-refractivity contribution in [2.75, 3.05) is 0 Å². The summed E-state index contributed by atoms with van der Waals surface area (Å²) in [6.45, 7) is 2.27. The molecule has 0 bridgehead atoms. The van der Waals surface area contributed by atoms with E-state index in [0.29, 0.717) is 5.92 Å². The van der Waals surface area contributed by atoms with Crippen molar-refractivity contribution in [2.24, 2.45) is 11.8 Å². The van der Waals surface area contributed by atoms with Crippen LogP contribution in [0.5, 0.6) is 0 Å². The molecule has 1 aromatic carbocycles. The van der Waals surface area contributed by atoms with E-state index in [0.717, 1.165) is 5.92 Å². The predicted molar refractivity (Wildman–Crippen MR) is 52.3 cm³/mol. The van der Waals surface area contributed by atoms with Crippen LogP contribution in [0.1, 0.15) is 24.3 Å². The second-order valence-corrected chi connectivity index (χ2v) is 4.16. The van der Waals surface area contributed by atoms with Crippen LogP contribution >= 0.6 is 11.6 Å². The zero-order valence-electron chi connectivity index (χ0n) is 7.20. The zero-order valence-corrected chi connectivity index (χ0v) is 7.96. The van der Waals surface area contributed by atoms with Crippen molar-refractivity contribution in [1.82, 2.24) is 0 Å². The molecule has 64 valence electrons. The van der Waals surface area contributed by atoms with Gasteiger partial charge in [0.1, 0.15) is 0 Å². The molecular weight excluding hydrogens is 168 g/mol. The quantitative estimate of drug-likeness (QED) is 0.610. The van der Waals surface area contributed by atoms with E-state index in [1.54, 1.807) is 0 Å². The maximum atomic E-state index is 6.30. The molecule has 1 fully saturated rings. The summed E-state index contributed by atoms with van der Waals surface area (Å²) in [6, 6.07) is 10.4. The first-order valence-electron chi connectivity index (χ1n) is 4.48. The van der Waals surface area contributed by atoms with Crippen LogP contribution in [0.15, 0.2) is 30.3 Å². The van der Waals surface area contributed by atoms with Crippen molar-refractivity contribution >= 4 is 11.6 Å². The number of alkyl halides is 1. The first kappa shape index (κ1) is 8.12. The standard InChI is InChI=1S/C11H13Cl/c1-8-7-10(8)11(12)9-5-3-2-4-6-9/h2-6,8,10-11H,7H2,1H3. The highest BCUT2D eigenvalue weighted by Gasteiger charge is 2.38. The third kappa shape index (κ3) is 1.49. The Kier molecular flexibility index (Phi) is 2.10. The van der Waals surface area contributed by atoms with Crippen molar-refractivity contribution in [1.29, 1.82) is 0 Å². The van der Waals surface area contributed by atoms with Gasteiger partial charge < -0.3 is 0 Å². The third-order valence-corrected chi connectivity index (χ3v) is 3.24. The van der Waals surface area contributed by atoms with Gasteiger partial charge in [-0.2, -0.15) is 0 Å². The zero-order chi connectivity index (χ0) is 8.55. The van der Waals surface area contributed by atoms with E-state index in [1.165, 1.54) is 12.0 Å². The first-order chi connectivity index (χ1) is 5.79. The molecular formula is C11H13Cl. The van der Waals surface area contributed by atoms with Gasteiger partial charge in [-0.3, -0.25) is 0 Å². The lowest BCUT2D eigenvalue weighted by atomic mass is 10.1. The van der Waals surface area contributed by atoms with Crippen LogP contribution in [0.4, 0.5) is 0 Å². The minimum atomic E-state index is 0.237. The van der Waals surface area contributed by atoms with Gasteiger partial charge in [0.2, 0.25) is 0 Å². The molecule has 0 heterocycles. The highest BCUT2D eigenvalue weighted by atomic mass is 35.5. The Labute approximate surface area is 78.6 Å². The molecule has 2 rings (SSSR count). The van der Waals surface area contributed by atoms with Crippen LogP contribution in [-0.2, 0) is 0 Å². The molecule has 0 aliphatic heterocycles. The third-order valence-electron chi connectivity index (χ3n) is 2.67. The molecule has 1 aromatic rings.